The van der Waals surface area contributed by atoms with Crippen LogP contribution >= 0.6 is 36.2 Å². The average molecular weight is 450 g/mol. The van der Waals surface area contributed by atoms with Gasteiger partial charge in [0.05, 0.1) is 5.69 Å². The number of amides is 1. The minimum atomic E-state index is -0.306. The monoisotopic (exact) mass is 449 g/mol. The number of rotatable bonds is 6. The Hall–Kier alpha value is -1.41. The molecule has 0 spiro atoms. The Morgan fingerprint density at radius 2 is 1.96 bits per heavy atom. The second-order valence-electron chi connectivity index (χ2n) is 6.62. The van der Waals surface area contributed by atoms with Gasteiger partial charge >= 0.3 is 0 Å². The third-order valence-electron chi connectivity index (χ3n) is 4.75. The molecule has 1 heterocycles. The van der Waals surface area contributed by atoms with Crippen LogP contribution in [-0.4, -0.2) is 23.5 Å². The van der Waals surface area contributed by atoms with Gasteiger partial charge < -0.3 is 15.8 Å². The van der Waals surface area contributed by atoms with Crippen LogP contribution in [0.1, 0.15) is 46.1 Å². The molecule has 1 fully saturated rings. The molecule has 1 amide bonds. The fourth-order valence-corrected chi connectivity index (χ4v) is 4.20. The number of thiazole rings is 1. The highest BCUT2D eigenvalue weighted by molar-refractivity contribution is 7.13. The highest BCUT2D eigenvalue weighted by Gasteiger charge is 2.27. The summed E-state index contributed by atoms with van der Waals surface area (Å²) in [5, 5.41) is 3.86. The van der Waals surface area contributed by atoms with Gasteiger partial charge in [0.2, 0.25) is 0 Å². The molecule has 2 aromatic rings. The summed E-state index contributed by atoms with van der Waals surface area (Å²) in [4.78, 5) is 17.7. The summed E-state index contributed by atoms with van der Waals surface area (Å²) < 4.78 is 18.5. The number of nitrogens with zero attached hydrogens (tertiary/aromatic N) is 1. The van der Waals surface area contributed by atoms with Crippen molar-refractivity contribution in [1.29, 1.82) is 0 Å². The van der Waals surface area contributed by atoms with E-state index in [1.54, 1.807) is 12.1 Å². The lowest BCUT2D eigenvalue weighted by Gasteiger charge is -2.31. The zero-order valence-electron chi connectivity index (χ0n) is 15.7. The van der Waals surface area contributed by atoms with Crippen molar-refractivity contribution in [2.24, 2.45) is 11.7 Å². The van der Waals surface area contributed by atoms with E-state index in [1.165, 1.54) is 29.9 Å². The number of nitrogens with one attached hydrogen (secondary N) is 1. The summed E-state index contributed by atoms with van der Waals surface area (Å²) in [5.74, 6) is 0.527. The van der Waals surface area contributed by atoms with E-state index in [9.17, 15) is 9.18 Å². The Labute approximate surface area is 181 Å². The molecule has 0 bridgehead atoms. The molecule has 2 unspecified atom stereocenters. The molecule has 1 aliphatic carbocycles. The van der Waals surface area contributed by atoms with Crippen molar-refractivity contribution in [2.45, 2.75) is 45.3 Å². The van der Waals surface area contributed by atoms with Crippen molar-refractivity contribution in [3.63, 3.8) is 0 Å². The number of hydrogen-bond donors (Lipinski definition) is 2. The number of benzene rings is 1. The van der Waals surface area contributed by atoms with Gasteiger partial charge in [0.1, 0.15) is 28.1 Å². The predicted octanol–water partition coefficient (Wildman–Crippen LogP) is 4.26. The largest absolute Gasteiger partial charge is 0.486 e. The molecule has 28 heavy (non-hydrogen) atoms. The molecule has 1 aromatic heterocycles. The Kier molecular flexibility index (Phi) is 10.2. The number of aryl methyl sites for hydroxylation is 1. The topological polar surface area (TPSA) is 77.2 Å². The molecule has 0 aliphatic heterocycles. The number of carbonyl (C=O) groups excluding carboxylic acids is 1. The first-order chi connectivity index (χ1) is 12.6. The quantitative estimate of drug-likeness (QED) is 0.690. The molecule has 5 nitrogen and oxygen atoms in total. The molecule has 2 atom stereocenters. The molecule has 9 heteroatoms. The van der Waals surface area contributed by atoms with Crippen LogP contribution in [0, 0.1) is 18.7 Å². The Balaban J connectivity index is 0.00000196. The van der Waals surface area contributed by atoms with Gasteiger partial charge in [-0.1, -0.05) is 12.8 Å². The maximum absolute atomic E-state index is 12.9. The van der Waals surface area contributed by atoms with E-state index in [-0.39, 0.29) is 49.2 Å². The molecule has 1 aliphatic rings. The average Bonchev–Trinajstić information content (AvgIpc) is 3.02. The van der Waals surface area contributed by atoms with Crippen LogP contribution in [0.3, 0.4) is 0 Å². The Morgan fingerprint density at radius 3 is 2.64 bits per heavy atom. The van der Waals surface area contributed by atoms with Gasteiger partial charge in [-0.25, -0.2) is 9.37 Å². The highest BCUT2D eigenvalue weighted by atomic mass is 35.5. The summed E-state index contributed by atoms with van der Waals surface area (Å²) in [5.41, 5.74) is 6.54. The Morgan fingerprint density at radius 1 is 1.29 bits per heavy atom. The number of hydrogen-bond acceptors (Lipinski definition) is 5. The van der Waals surface area contributed by atoms with Crippen molar-refractivity contribution in [3.05, 3.63) is 45.7 Å². The van der Waals surface area contributed by atoms with E-state index in [0.29, 0.717) is 28.8 Å². The zero-order chi connectivity index (χ0) is 18.5. The smallest absolute Gasteiger partial charge is 0.263 e. The van der Waals surface area contributed by atoms with Crippen LogP contribution in [-0.2, 0) is 6.61 Å². The van der Waals surface area contributed by atoms with Crippen molar-refractivity contribution in [1.82, 2.24) is 10.3 Å². The SMILES string of the molecule is Cc1nc(COc2ccc(F)cc2)sc1C(=O)NC1CCCCC1CN.Cl.Cl. The van der Waals surface area contributed by atoms with Gasteiger partial charge in [-0.05, 0) is 56.5 Å². The van der Waals surface area contributed by atoms with Gasteiger partial charge in [0, 0.05) is 6.04 Å². The summed E-state index contributed by atoms with van der Waals surface area (Å²) >= 11 is 1.33. The van der Waals surface area contributed by atoms with Crippen LogP contribution in [0.25, 0.3) is 0 Å². The normalized spacial score (nSPS) is 18.5. The number of carbonyl (C=O) groups is 1. The molecule has 0 radical (unpaired) electrons. The van der Waals surface area contributed by atoms with E-state index in [2.05, 4.69) is 10.3 Å². The summed E-state index contributed by atoms with van der Waals surface area (Å²) in [7, 11) is 0. The van der Waals surface area contributed by atoms with Crippen LogP contribution < -0.4 is 15.8 Å². The summed E-state index contributed by atoms with van der Waals surface area (Å²) in [6, 6.07) is 5.97. The molecular formula is C19H26Cl2FN3O2S. The molecule has 3 rings (SSSR count). The fraction of sp³-hybridized carbons (Fsp3) is 0.474. The maximum atomic E-state index is 12.9. The minimum Gasteiger partial charge on any atom is -0.486 e. The van der Waals surface area contributed by atoms with Crippen LogP contribution in [0.2, 0.25) is 0 Å². The number of halogens is 3. The van der Waals surface area contributed by atoms with Crippen molar-refractivity contribution >= 4 is 42.1 Å². The fourth-order valence-electron chi connectivity index (χ4n) is 3.31. The molecule has 156 valence electrons. The van der Waals surface area contributed by atoms with Crippen molar-refractivity contribution in [3.8, 4) is 5.75 Å². The standard InChI is InChI=1S/C19H24FN3O2S.2ClH/c1-12-18(19(24)23-16-5-3-2-4-13(16)10-21)26-17(22-12)11-25-15-8-6-14(20)7-9-15;;/h6-9,13,16H,2-5,10-11,21H2,1H3,(H,23,24);2*1H. The van der Waals surface area contributed by atoms with Gasteiger partial charge in [-0.15, -0.1) is 36.2 Å². The van der Waals surface area contributed by atoms with Gasteiger partial charge in [-0.2, -0.15) is 0 Å². The molecule has 1 aromatic carbocycles. The Bertz CT molecular complexity index is 758. The van der Waals surface area contributed by atoms with Crippen LogP contribution in [0.15, 0.2) is 24.3 Å². The second-order valence-corrected chi connectivity index (χ2v) is 7.71. The van der Waals surface area contributed by atoms with Crippen molar-refractivity contribution in [2.75, 3.05) is 6.54 Å². The highest BCUT2D eigenvalue weighted by Crippen LogP contribution is 2.25. The maximum Gasteiger partial charge on any atom is 0.263 e. The minimum absolute atomic E-state index is 0. The second kappa shape index (κ2) is 11.6. The summed E-state index contributed by atoms with van der Waals surface area (Å²) in [6.07, 6.45) is 4.35. The molecule has 3 N–H and O–H groups in total. The third kappa shape index (κ3) is 6.30. The first-order valence-electron chi connectivity index (χ1n) is 8.92. The lowest BCUT2D eigenvalue weighted by Crippen LogP contribution is -2.44. The number of aromatic nitrogens is 1. The van der Waals surface area contributed by atoms with E-state index >= 15 is 0 Å². The lowest BCUT2D eigenvalue weighted by atomic mass is 9.84. The molecule has 1 saturated carbocycles. The van der Waals surface area contributed by atoms with E-state index < -0.39 is 0 Å². The number of ether oxygens (including phenoxy) is 1. The van der Waals surface area contributed by atoms with E-state index in [0.717, 1.165) is 24.3 Å². The predicted molar refractivity (Wildman–Crippen MR) is 114 cm³/mol. The summed E-state index contributed by atoms with van der Waals surface area (Å²) in [6.45, 7) is 2.68. The molecular weight excluding hydrogens is 424 g/mol. The van der Waals surface area contributed by atoms with Gasteiger partial charge in [0.15, 0.2) is 0 Å². The number of nitrogens with two attached hydrogens (primary N) is 1. The van der Waals surface area contributed by atoms with E-state index in [1.807, 2.05) is 6.92 Å². The zero-order valence-corrected chi connectivity index (χ0v) is 18.1. The van der Waals surface area contributed by atoms with Crippen LogP contribution in [0.4, 0.5) is 4.39 Å². The lowest BCUT2D eigenvalue weighted by molar-refractivity contribution is 0.0911. The van der Waals surface area contributed by atoms with Crippen LogP contribution in [0.5, 0.6) is 5.75 Å². The van der Waals surface area contributed by atoms with Gasteiger partial charge in [0.25, 0.3) is 5.91 Å². The first-order valence-corrected chi connectivity index (χ1v) is 9.74. The van der Waals surface area contributed by atoms with Crippen molar-refractivity contribution < 1.29 is 13.9 Å². The first kappa shape index (κ1) is 24.6. The van der Waals surface area contributed by atoms with Gasteiger partial charge in [-0.3, -0.25) is 4.79 Å². The molecule has 0 saturated heterocycles. The third-order valence-corrected chi connectivity index (χ3v) is 5.88. The van der Waals surface area contributed by atoms with E-state index in [4.69, 9.17) is 10.5 Å².